The van der Waals surface area contributed by atoms with Crippen molar-refractivity contribution in [1.82, 2.24) is 5.32 Å². The summed E-state index contributed by atoms with van der Waals surface area (Å²) in [5, 5.41) is 7.05. The third kappa shape index (κ3) is 3.77. The van der Waals surface area contributed by atoms with Crippen LogP contribution in [0.3, 0.4) is 0 Å². The second-order valence-corrected chi connectivity index (χ2v) is 9.70. The summed E-state index contributed by atoms with van der Waals surface area (Å²) in [4.78, 5) is 28.1. The van der Waals surface area contributed by atoms with Crippen LogP contribution in [0, 0.1) is 0 Å². The summed E-state index contributed by atoms with van der Waals surface area (Å²) < 4.78 is 0. The smallest absolute Gasteiger partial charge is 0.256 e. The molecule has 0 radical (unpaired) electrons. The average molecular weight is 401 g/mol. The fraction of sp³-hybridized carbons (Fsp3) is 0.429. The molecule has 0 saturated carbocycles. The highest BCUT2D eigenvalue weighted by Gasteiger charge is 2.41. The lowest BCUT2D eigenvalue weighted by Crippen LogP contribution is -2.55. The number of thiophene rings is 1. The highest BCUT2D eigenvalue weighted by Crippen LogP contribution is 2.45. The minimum atomic E-state index is -0.510. The van der Waals surface area contributed by atoms with Crippen LogP contribution in [0.15, 0.2) is 24.3 Å². The van der Waals surface area contributed by atoms with Crippen LogP contribution in [0.1, 0.15) is 58.9 Å². The summed E-state index contributed by atoms with van der Waals surface area (Å²) in [5.41, 5.74) is 8.13. The van der Waals surface area contributed by atoms with Gasteiger partial charge in [0.05, 0.1) is 5.56 Å². The molecule has 0 spiro atoms. The molecule has 28 heavy (non-hydrogen) atoms. The van der Waals surface area contributed by atoms with Crippen LogP contribution in [-0.4, -0.2) is 31.4 Å². The Morgan fingerprint density at radius 1 is 1.14 bits per heavy atom. The second kappa shape index (κ2) is 6.90. The summed E-state index contributed by atoms with van der Waals surface area (Å²) >= 11 is 1.43. The third-order valence-corrected chi connectivity index (χ3v) is 6.43. The molecule has 1 aromatic heterocycles. The molecule has 0 saturated heterocycles. The summed E-state index contributed by atoms with van der Waals surface area (Å²) in [6.07, 6.45) is 0.675. The van der Waals surface area contributed by atoms with Crippen molar-refractivity contribution in [2.75, 3.05) is 24.3 Å². The standard InChI is InChI=1S/C21H28N4O2S/c1-20(2)11-14-15(17(22)26)19(28-16(14)21(3,4)24-20)23-18(27)12-7-9-13(10-8-12)25(5)6/h7-10,24H,11H2,1-6H3,(H2,22,26)(H,23,27). The van der Waals surface area contributed by atoms with Crippen LogP contribution >= 0.6 is 11.3 Å². The zero-order valence-corrected chi connectivity index (χ0v) is 18.1. The largest absolute Gasteiger partial charge is 0.378 e. The first-order chi connectivity index (χ1) is 12.9. The number of rotatable bonds is 4. The Kier molecular flexibility index (Phi) is 5.02. The van der Waals surface area contributed by atoms with E-state index in [4.69, 9.17) is 5.73 Å². The molecule has 0 atom stereocenters. The van der Waals surface area contributed by atoms with Crippen LogP contribution in [0.25, 0.3) is 0 Å². The predicted octanol–water partition coefficient (Wildman–Crippen LogP) is 3.32. The van der Waals surface area contributed by atoms with Crippen molar-refractivity contribution in [2.24, 2.45) is 5.73 Å². The van der Waals surface area contributed by atoms with E-state index in [0.29, 0.717) is 22.5 Å². The van der Waals surface area contributed by atoms with Crippen molar-refractivity contribution in [3.05, 3.63) is 45.8 Å². The molecule has 1 aromatic carbocycles. The summed E-state index contributed by atoms with van der Waals surface area (Å²) in [6, 6.07) is 7.32. The quantitative estimate of drug-likeness (QED) is 0.735. The van der Waals surface area contributed by atoms with E-state index in [1.807, 2.05) is 31.1 Å². The van der Waals surface area contributed by atoms with E-state index in [0.717, 1.165) is 16.1 Å². The van der Waals surface area contributed by atoms with E-state index in [9.17, 15) is 9.59 Å². The molecule has 4 N–H and O–H groups in total. The number of hydrogen-bond acceptors (Lipinski definition) is 5. The second-order valence-electron chi connectivity index (χ2n) is 8.68. The Morgan fingerprint density at radius 2 is 1.75 bits per heavy atom. The van der Waals surface area contributed by atoms with E-state index >= 15 is 0 Å². The molecule has 1 aliphatic heterocycles. The van der Waals surface area contributed by atoms with Gasteiger partial charge in [0.15, 0.2) is 0 Å². The Morgan fingerprint density at radius 3 is 2.29 bits per heavy atom. The van der Waals surface area contributed by atoms with Gasteiger partial charge in [-0.3, -0.25) is 9.59 Å². The van der Waals surface area contributed by atoms with Gasteiger partial charge in [-0.2, -0.15) is 0 Å². The molecular formula is C21H28N4O2S. The molecule has 0 bridgehead atoms. The Labute approximate surface area is 170 Å². The van der Waals surface area contributed by atoms with E-state index in [-0.39, 0.29) is 17.0 Å². The molecule has 2 heterocycles. The van der Waals surface area contributed by atoms with Crippen LogP contribution in [-0.2, 0) is 12.0 Å². The number of carbonyl (C=O) groups excluding carboxylic acids is 2. The van der Waals surface area contributed by atoms with Crippen molar-refractivity contribution >= 4 is 33.8 Å². The Bertz CT molecular complexity index is 927. The SMILES string of the molecule is CN(C)c1ccc(C(=O)Nc2sc3c(c2C(N)=O)CC(C)(C)NC3(C)C)cc1. The number of nitrogens with two attached hydrogens (primary N) is 1. The molecule has 2 amide bonds. The summed E-state index contributed by atoms with van der Waals surface area (Å²) in [6.45, 7) is 8.37. The maximum absolute atomic E-state index is 12.8. The van der Waals surface area contributed by atoms with Gasteiger partial charge in [0.25, 0.3) is 11.8 Å². The number of primary amides is 1. The van der Waals surface area contributed by atoms with Crippen molar-refractivity contribution in [3.8, 4) is 0 Å². The zero-order chi connectivity index (χ0) is 20.9. The number of hydrogen-bond donors (Lipinski definition) is 3. The number of fused-ring (bicyclic) bond motifs is 1. The minimum Gasteiger partial charge on any atom is -0.378 e. The first-order valence-corrected chi connectivity index (χ1v) is 10.1. The van der Waals surface area contributed by atoms with Gasteiger partial charge in [0.1, 0.15) is 5.00 Å². The topological polar surface area (TPSA) is 87.5 Å². The molecule has 0 aliphatic carbocycles. The molecule has 7 heteroatoms. The lowest BCUT2D eigenvalue weighted by atomic mass is 9.81. The van der Waals surface area contributed by atoms with Gasteiger partial charge in [-0.15, -0.1) is 11.3 Å². The van der Waals surface area contributed by atoms with Gasteiger partial charge < -0.3 is 21.3 Å². The lowest BCUT2D eigenvalue weighted by Gasteiger charge is -2.42. The fourth-order valence-electron chi connectivity index (χ4n) is 3.96. The first-order valence-electron chi connectivity index (χ1n) is 9.25. The molecule has 150 valence electrons. The maximum Gasteiger partial charge on any atom is 0.256 e. The molecule has 0 fully saturated rings. The van der Waals surface area contributed by atoms with Crippen LogP contribution in [0.2, 0.25) is 0 Å². The van der Waals surface area contributed by atoms with Crippen molar-refractivity contribution in [1.29, 1.82) is 0 Å². The Hall–Kier alpha value is -2.38. The van der Waals surface area contributed by atoms with E-state index in [1.54, 1.807) is 12.1 Å². The first kappa shape index (κ1) is 20.4. The number of anilines is 2. The van der Waals surface area contributed by atoms with E-state index in [2.05, 4.69) is 38.3 Å². The van der Waals surface area contributed by atoms with E-state index in [1.165, 1.54) is 11.3 Å². The van der Waals surface area contributed by atoms with E-state index < -0.39 is 5.91 Å². The number of amides is 2. The van der Waals surface area contributed by atoms with Gasteiger partial charge in [-0.25, -0.2) is 0 Å². The van der Waals surface area contributed by atoms with Gasteiger partial charge in [-0.1, -0.05) is 0 Å². The minimum absolute atomic E-state index is 0.176. The number of benzene rings is 1. The normalized spacial score (nSPS) is 16.9. The van der Waals surface area contributed by atoms with Crippen LogP contribution in [0.5, 0.6) is 0 Å². The highest BCUT2D eigenvalue weighted by molar-refractivity contribution is 7.17. The van der Waals surface area contributed by atoms with Crippen LogP contribution in [0.4, 0.5) is 10.7 Å². The van der Waals surface area contributed by atoms with Gasteiger partial charge in [0.2, 0.25) is 0 Å². The summed E-state index contributed by atoms with van der Waals surface area (Å²) in [5.74, 6) is -0.763. The van der Waals surface area contributed by atoms with Crippen LogP contribution < -0.4 is 21.3 Å². The number of carbonyl (C=O) groups is 2. The Balaban J connectivity index is 1.98. The average Bonchev–Trinajstić information content (AvgIpc) is 2.91. The van der Waals surface area contributed by atoms with Crippen molar-refractivity contribution < 1.29 is 9.59 Å². The molecule has 6 nitrogen and oxygen atoms in total. The lowest BCUT2D eigenvalue weighted by molar-refractivity contribution is 0.0999. The molecule has 0 unspecified atom stereocenters. The fourth-order valence-corrected chi connectivity index (χ4v) is 5.24. The predicted molar refractivity (Wildman–Crippen MR) is 116 cm³/mol. The monoisotopic (exact) mass is 400 g/mol. The zero-order valence-electron chi connectivity index (χ0n) is 17.3. The third-order valence-electron chi connectivity index (χ3n) is 4.96. The van der Waals surface area contributed by atoms with Gasteiger partial charge >= 0.3 is 0 Å². The highest BCUT2D eigenvalue weighted by atomic mass is 32.1. The molecule has 3 rings (SSSR count). The van der Waals surface area contributed by atoms with Crippen molar-refractivity contribution in [2.45, 2.75) is 45.2 Å². The molecule has 1 aliphatic rings. The van der Waals surface area contributed by atoms with Gasteiger partial charge in [-0.05, 0) is 63.9 Å². The number of nitrogens with one attached hydrogen (secondary N) is 2. The summed E-state index contributed by atoms with van der Waals surface area (Å²) in [7, 11) is 3.89. The number of nitrogens with zero attached hydrogens (tertiary/aromatic N) is 1. The molecule has 2 aromatic rings. The maximum atomic E-state index is 12.8. The molecular weight excluding hydrogens is 372 g/mol. The van der Waals surface area contributed by atoms with Gasteiger partial charge in [0, 0.05) is 41.3 Å². The van der Waals surface area contributed by atoms with Crippen molar-refractivity contribution in [3.63, 3.8) is 0 Å².